The zero-order valence-corrected chi connectivity index (χ0v) is 14.4. The molecule has 0 spiro atoms. The quantitative estimate of drug-likeness (QED) is 0.388. The number of nitrogens with zero attached hydrogens (tertiary/aromatic N) is 2. The molecule has 1 amide bonds. The smallest absolute Gasteiger partial charge is 0.270 e. The average Bonchev–Trinajstić information content (AvgIpc) is 3.01. The molecule has 0 radical (unpaired) electrons. The molecule has 2 N–H and O–H groups in total. The molecule has 2 aromatic carbocycles. The molecule has 0 saturated carbocycles. The number of fused-ring (bicyclic) bond motifs is 1. The fourth-order valence-electron chi connectivity index (χ4n) is 2.15. The number of carbonyl (C=O) groups is 1. The van der Waals surface area contributed by atoms with Crippen LogP contribution in [0.4, 0.5) is 10.8 Å². The average molecular weight is 377 g/mol. The minimum Gasteiger partial charge on any atom is -0.360 e. The van der Waals surface area contributed by atoms with E-state index in [1.165, 1.54) is 23.5 Å². The van der Waals surface area contributed by atoms with E-state index in [9.17, 15) is 14.9 Å². The lowest BCUT2D eigenvalue weighted by atomic mass is 10.2. The predicted octanol–water partition coefficient (Wildman–Crippen LogP) is 3.70. The Balaban J connectivity index is 1.53. The summed E-state index contributed by atoms with van der Waals surface area (Å²) in [6.45, 7) is 0.902. The fraction of sp³-hybridized carbons (Fsp3) is 0.125. The Kier molecular flexibility index (Phi) is 5.11. The largest absolute Gasteiger partial charge is 0.360 e. The van der Waals surface area contributed by atoms with E-state index < -0.39 is 4.92 Å². The van der Waals surface area contributed by atoms with Crippen molar-refractivity contribution in [1.29, 1.82) is 0 Å². The van der Waals surface area contributed by atoms with Gasteiger partial charge in [-0.1, -0.05) is 22.9 Å². The molecule has 9 heteroatoms. The number of anilines is 1. The molecule has 1 aromatic heterocycles. The second-order valence-electron chi connectivity index (χ2n) is 5.12. The highest BCUT2D eigenvalue weighted by Gasteiger charge is 2.10. The highest BCUT2D eigenvalue weighted by atomic mass is 35.5. The maximum absolute atomic E-state index is 12.0. The Labute approximate surface area is 151 Å². The Morgan fingerprint density at radius 3 is 2.68 bits per heavy atom. The molecule has 0 bridgehead atoms. The zero-order valence-electron chi connectivity index (χ0n) is 12.9. The molecule has 7 nitrogen and oxygen atoms in total. The molecule has 25 heavy (non-hydrogen) atoms. The molecule has 0 aliphatic carbocycles. The molecule has 0 aliphatic heterocycles. The third kappa shape index (κ3) is 4.23. The van der Waals surface area contributed by atoms with Gasteiger partial charge in [0.05, 0.1) is 15.1 Å². The molecule has 0 unspecified atom stereocenters. The van der Waals surface area contributed by atoms with Gasteiger partial charge in [-0.2, -0.15) is 0 Å². The fourth-order valence-corrected chi connectivity index (χ4v) is 3.20. The van der Waals surface area contributed by atoms with Gasteiger partial charge in [-0.15, -0.1) is 0 Å². The number of rotatable bonds is 6. The molecule has 0 aliphatic rings. The highest BCUT2D eigenvalue weighted by molar-refractivity contribution is 7.22. The van der Waals surface area contributed by atoms with Crippen molar-refractivity contribution in [2.45, 2.75) is 0 Å². The summed E-state index contributed by atoms with van der Waals surface area (Å²) in [5, 5.41) is 17.9. The Morgan fingerprint density at radius 1 is 1.20 bits per heavy atom. The number of nitro benzene ring substituents is 1. The van der Waals surface area contributed by atoms with Crippen LogP contribution in [0.1, 0.15) is 10.4 Å². The van der Waals surface area contributed by atoms with Crippen molar-refractivity contribution in [3.05, 3.63) is 63.2 Å². The molecule has 3 aromatic rings. The van der Waals surface area contributed by atoms with Gasteiger partial charge in [-0.3, -0.25) is 14.9 Å². The van der Waals surface area contributed by atoms with Crippen LogP contribution in [0.15, 0.2) is 42.5 Å². The van der Waals surface area contributed by atoms with Crippen LogP contribution in [0.25, 0.3) is 10.2 Å². The minimum absolute atomic E-state index is 0.0397. The molecule has 128 valence electrons. The van der Waals surface area contributed by atoms with Crippen molar-refractivity contribution in [3.63, 3.8) is 0 Å². The van der Waals surface area contributed by atoms with Crippen molar-refractivity contribution in [2.24, 2.45) is 0 Å². The van der Waals surface area contributed by atoms with Gasteiger partial charge >= 0.3 is 0 Å². The summed E-state index contributed by atoms with van der Waals surface area (Å²) in [5.74, 6) is -0.182. The first kappa shape index (κ1) is 17.1. The maximum Gasteiger partial charge on any atom is 0.270 e. The number of nitro groups is 1. The van der Waals surface area contributed by atoms with Crippen molar-refractivity contribution < 1.29 is 9.72 Å². The van der Waals surface area contributed by atoms with Gasteiger partial charge in [0.15, 0.2) is 5.13 Å². The third-order valence-corrected chi connectivity index (χ3v) is 4.60. The second-order valence-corrected chi connectivity index (χ2v) is 6.58. The number of amides is 1. The molecule has 0 fully saturated rings. The van der Waals surface area contributed by atoms with Gasteiger partial charge in [0.2, 0.25) is 0 Å². The van der Waals surface area contributed by atoms with E-state index in [2.05, 4.69) is 15.6 Å². The van der Waals surface area contributed by atoms with Crippen molar-refractivity contribution in [1.82, 2.24) is 10.3 Å². The summed E-state index contributed by atoms with van der Waals surface area (Å²) < 4.78 is 0.738. The molecular formula is C16H13ClN4O3S. The van der Waals surface area contributed by atoms with E-state index in [0.717, 1.165) is 4.70 Å². The lowest BCUT2D eigenvalue weighted by molar-refractivity contribution is -0.384. The first-order chi connectivity index (χ1) is 12.0. The highest BCUT2D eigenvalue weighted by Crippen LogP contribution is 2.28. The number of aromatic nitrogens is 1. The minimum atomic E-state index is -0.432. The standard InChI is InChI=1S/C16H13ClN4O3S/c17-11-3-1-10(2-4-11)15(22)18-7-8-19-16-20-13-6-5-12(21(23)24)9-14(13)25-16/h1-6,9H,7-8H2,(H,18,22)(H,19,20). The molecule has 3 rings (SSSR count). The monoisotopic (exact) mass is 376 g/mol. The number of hydrogen-bond acceptors (Lipinski definition) is 6. The van der Waals surface area contributed by atoms with Crippen LogP contribution in [0.2, 0.25) is 5.02 Å². The number of benzene rings is 2. The number of carbonyl (C=O) groups excluding carboxylic acids is 1. The van der Waals surface area contributed by atoms with E-state index in [0.29, 0.717) is 34.3 Å². The number of non-ortho nitro benzene ring substituents is 1. The van der Waals surface area contributed by atoms with Crippen LogP contribution in [0.3, 0.4) is 0 Å². The SMILES string of the molecule is O=C(NCCNc1nc2ccc([N+](=O)[O-])cc2s1)c1ccc(Cl)cc1. The van der Waals surface area contributed by atoms with Crippen LogP contribution in [-0.4, -0.2) is 28.9 Å². The lowest BCUT2D eigenvalue weighted by Gasteiger charge is -2.06. The molecule has 0 atom stereocenters. The number of thiazole rings is 1. The van der Waals surface area contributed by atoms with E-state index in [1.807, 2.05) is 0 Å². The zero-order chi connectivity index (χ0) is 17.8. The van der Waals surface area contributed by atoms with E-state index in [1.54, 1.807) is 30.3 Å². The molecule has 0 saturated heterocycles. The predicted molar refractivity (Wildman–Crippen MR) is 98.5 cm³/mol. The van der Waals surface area contributed by atoms with Gasteiger partial charge in [-0.05, 0) is 30.3 Å². The summed E-state index contributed by atoms with van der Waals surface area (Å²) in [5.41, 5.74) is 1.28. The third-order valence-electron chi connectivity index (χ3n) is 3.38. The summed E-state index contributed by atoms with van der Waals surface area (Å²) in [6, 6.07) is 11.2. The number of hydrogen-bond donors (Lipinski definition) is 2. The van der Waals surface area contributed by atoms with Crippen LogP contribution >= 0.6 is 22.9 Å². The Morgan fingerprint density at radius 2 is 1.96 bits per heavy atom. The normalized spacial score (nSPS) is 10.6. The van der Waals surface area contributed by atoms with Crippen molar-refractivity contribution >= 4 is 49.9 Å². The number of halogens is 1. The van der Waals surface area contributed by atoms with Crippen LogP contribution in [0.5, 0.6) is 0 Å². The van der Waals surface area contributed by atoms with Crippen LogP contribution < -0.4 is 10.6 Å². The Hall–Kier alpha value is -2.71. The lowest BCUT2D eigenvalue weighted by Crippen LogP contribution is -2.28. The van der Waals surface area contributed by atoms with E-state index in [-0.39, 0.29) is 11.6 Å². The van der Waals surface area contributed by atoms with Gasteiger partial charge in [0.1, 0.15) is 0 Å². The maximum atomic E-state index is 12.0. The Bertz CT molecular complexity index is 927. The molecular weight excluding hydrogens is 364 g/mol. The first-order valence-electron chi connectivity index (χ1n) is 7.35. The van der Waals surface area contributed by atoms with E-state index in [4.69, 9.17) is 11.6 Å². The van der Waals surface area contributed by atoms with Gasteiger partial charge in [0, 0.05) is 35.8 Å². The van der Waals surface area contributed by atoms with Gasteiger partial charge < -0.3 is 10.6 Å². The number of nitrogens with one attached hydrogen (secondary N) is 2. The second kappa shape index (κ2) is 7.45. The van der Waals surface area contributed by atoms with E-state index >= 15 is 0 Å². The van der Waals surface area contributed by atoms with Gasteiger partial charge in [-0.25, -0.2) is 4.98 Å². The first-order valence-corrected chi connectivity index (χ1v) is 8.55. The molecule has 1 heterocycles. The van der Waals surface area contributed by atoms with Crippen molar-refractivity contribution in [2.75, 3.05) is 18.4 Å². The topological polar surface area (TPSA) is 97.2 Å². The van der Waals surface area contributed by atoms with Crippen molar-refractivity contribution in [3.8, 4) is 0 Å². The van der Waals surface area contributed by atoms with Gasteiger partial charge in [0.25, 0.3) is 11.6 Å². The summed E-state index contributed by atoms with van der Waals surface area (Å²) >= 11 is 7.12. The summed E-state index contributed by atoms with van der Waals surface area (Å²) in [7, 11) is 0. The summed E-state index contributed by atoms with van der Waals surface area (Å²) in [6.07, 6.45) is 0. The van der Waals surface area contributed by atoms with Crippen LogP contribution in [-0.2, 0) is 0 Å². The van der Waals surface area contributed by atoms with Crippen LogP contribution in [0, 0.1) is 10.1 Å². The summed E-state index contributed by atoms with van der Waals surface area (Å²) in [4.78, 5) is 26.7.